The standard InChI is InChI=1S/C8H7Br2NO4S/c1-5-2-3-6(7(4-5)11(12)13)8(9,10)16(14)15/h2-4H,1H3,(H,14,15)/p-1. The van der Waals surface area contributed by atoms with Crippen molar-refractivity contribution in [3.05, 3.63) is 39.4 Å². The van der Waals surface area contributed by atoms with Crippen LogP contribution in [0.4, 0.5) is 5.69 Å². The van der Waals surface area contributed by atoms with E-state index in [0.29, 0.717) is 5.56 Å². The lowest BCUT2D eigenvalue weighted by atomic mass is 10.1. The molecule has 0 aliphatic carbocycles. The van der Waals surface area contributed by atoms with Crippen molar-refractivity contribution in [1.82, 2.24) is 0 Å². The zero-order valence-electron chi connectivity index (χ0n) is 7.98. The number of halogens is 2. The molecule has 0 saturated heterocycles. The fraction of sp³-hybridized carbons (Fsp3) is 0.250. The van der Waals surface area contributed by atoms with E-state index in [1.54, 1.807) is 13.0 Å². The molecule has 0 amide bonds. The maximum absolute atomic E-state index is 11.0. The average Bonchev–Trinajstić information content (AvgIpc) is 2.16. The van der Waals surface area contributed by atoms with Crippen molar-refractivity contribution in [2.45, 2.75) is 9.49 Å². The number of hydrogen-bond donors (Lipinski definition) is 0. The number of alkyl halides is 2. The van der Waals surface area contributed by atoms with Gasteiger partial charge in [0.05, 0.1) is 10.5 Å². The third-order valence-corrected chi connectivity index (χ3v) is 4.95. The van der Waals surface area contributed by atoms with Crippen molar-refractivity contribution in [3.63, 3.8) is 0 Å². The molecule has 0 radical (unpaired) electrons. The number of aryl methyl sites for hydroxylation is 1. The minimum absolute atomic E-state index is 0.0384. The van der Waals surface area contributed by atoms with E-state index in [9.17, 15) is 18.9 Å². The molecule has 1 aromatic rings. The van der Waals surface area contributed by atoms with Crippen LogP contribution in [0.1, 0.15) is 11.1 Å². The Labute approximate surface area is 111 Å². The predicted molar refractivity (Wildman–Crippen MR) is 66.3 cm³/mol. The summed E-state index contributed by atoms with van der Waals surface area (Å²) >= 11 is 3.21. The van der Waals surface area contributed by atoms with Gasteiger partial charge in [0.1, 0.15) is 0 Å². The third-order valence-electron chi connectivity index (χ3n) is 1.87. The van der Waals surface area contributed by atoms with Gasteiger partial charge < -0.3 is 4.55 Å². The summed E-state index contributed by atoms with van der Waals surface area (Å²) in [7, 11) is 0. The summed E-state index contributed by atoms with van der Waals surface area (Å²) in [4.78, 5) is 10.2. The monoisotopic (exact) mass is 370 g/mol. The molecule has 5 nitrogen and oxygen atoms in total. The summed E-state index contributed by atoms with van der Waals surface area (Å²) in [5.74, 6) is 0. The number of nitro groups is 1. The first kappa shape index (κ1) is 13.8. The van der Waals surface area contributed by atoms with Crippen LogP contribution in [0.25, 0.3) is 0 Å². The van der Waals surface area contributed by atoms with Crippen molar-refractivity contribution in [2.24, 2.45) is 0 Å². The van der Waals surface area contributed by atoms with Crippen LogP contribution >= 0.6 is 31.9 Å². The van der Waals surface area contributed by atoms with Gasteiger partial charge in [0, 0.05) is 6.07 Å². The second-order valence-corrected chi connectivity index (χ2v) is 8.60. The first-order valence-corrected chi connectivity index (χ1v) is 6.65. The Morgan fingerprint density at radius 3 is 2.44 bits per heavy atom. The number of nitrogens with zero attached hydrogens (tertiary/aromatic N) is 1. The van der Waals surface area contributed by atoms with Crippen LogP contribution in [0.5, 0.6) is 0 Å². The highest BCUT2D eigenvalue weighted by Gasteiger charge is 2.34. The Bertz CT molecular complexity index is 463. The SMILES string of the molecule is Cc1ccc(C(Br)(Br)S(=O)[O-])c([N+](=O)[O-])c1. The predicted octanol–water partition coefficient (Wildman–Crippen LogP) is 2.68. The normalized spacial score (nSPS) is 13.5. The van der Waals surface area contributed by atoms with Gasteiger partial charge in [-0.05, 0) is 29.6 Å². The van der Waals surface area contributed by atoms with E-state index >= 15 is 0 Å². The zero-order valence-corrected chi connectivity index (χ0v) is 12.0. The van der Waals surface area contributed by atoms with Crippen LogP contribution in [0.3, 0.4) is 0 Å². The molecule has 1 rings (SSSR count). The molecule has 0 heterocycles. The van der Waals surface area contributed by atoms with Crippen LogP contribution in [0.2, 0.25) is 0 Å². The van der Waals surface area contributed by atoms with Gasteiger partial charge in [-0.3, -0.25) is 14.3 Å². The fourth-order valence-electron chi connectivity index (χ4n) is 1.13. The molecule has 0 aliphatic rings. The van der Waals surface area contributed by atoms with Crippen LogP contribution in [-0.2, 0) is 13.6 Å². The highest BCUT2D eigenvalue weighted by Crippen LogP contribution is 2.44. The Balaban J connectivity index is 3.45. The molecule has 0 saturated carbocycles. The van der Waals surface area contributed by atoms with Gasteiger partial charge in [0.2, 0.25) is 0 Å². The molecule has 1 atom stereocenters. The second kappa shape index (κ2) is 4.91. The molecule has 8 heteroatoms. The minimum atomic E-state index is -2.58. The molecule has 88 valence electrons. The lowest BCUT2D eigenvalue weighted by molar-refractivity contribution is -0.385. The number of nitro benzene ring substituents is 1. The van der Waals surface area contributed by atoms with Crippen molar-refractivity contribution in [2.75, 3.05) is 0 Å². The molecule has 0 fully saturated rings. The van der Waals surface area contributed by atoms with Gasteiger partial charge in [-0.1, -0.05) is 37.9 Å². The quantitative estimate of drug-likeness (QED) is 0.354. The van der Waals surface area contributed by atoms with E-state index in [1.807, 2.05) is 0 Å². The Kier molecular flexibility index (Phi) is 4.22. The average molecular weight is 372 g/mol. The van der Waals surface area contributed by atoms with E-state index in [-0.39, 0.29) is 11.3 Å². The summed E-state index contributed by atoms with van der Waals surface area (Å²) in [6.45, 7) is 1.69. The first-order valence-electron chi connectivity index (χ1n) is 3.99. The van der Waals surface area contributed by atoms with Crippen LogP contribution in [0, 0.1) is 17.0 Å². The lowest BCUT2D eigenvalue weighted by Crippen LogP contribution is -2.17. The van der Waals surface area contributed by atoms with Gasteiger partial charge in [0.25, 0.3) is 5.69 Å². The van der Waals surface area contributed by atoms with Crippen LogP contribution in [0.15, 0.2) is 18.2 Å². The molecule has 0 spiro atoms. The minimum Gasteiger partial charge on any atom is -0.770 e. The highest BCUT2D eigenvalue weighted by molar-refractivity contribution is 9.27. The smallest absolute Gasteiger partial charge is 0.276 e. The van der Waals surface area contributed by atoms with Crippen LogP contribution < -0.4 is 0 Å². The van der Waals surface area contributed by atoms with Crippen molar-refractivity contribution in [1.29, 1.82) is 0 Å². The maximum atomic E-state index is 11.0. The topological polar surface area (TPSA) is 83.3 Å². The fourth-order valence-corrected chi connectivity index (χ4v) is 2.15. The summed E-state index contributed by atoms with van der Waals surface area (Å²) in [6, 6.07) is 4.32. The van der Waals surface area contributed by atoms with Gasteiger partial charge >= 0.3 is 0 Å². The summed E-state index contributed by atoms with van der Waals surface area (Å²) < 4.78 is 20.3. The van der Waals surface area contributed by atoms with Crippen LogP contribution in [-0.4, -0.2) is 13.7 Å². The van der Waals surface area contributed by atoms with E-state index in [2.05, 4.69) is 31.9 Å². The molecular weight excluding hydrogens is 366 g/mol. The first-order chi connectivity index (χ1) is 7.26. The third kappa shape index (κ3) is 2.68. The van der Waals surface area contributed by atoms with Gasteiger partial charge in [-0.25, -0.2) is 0 Å². The number of benzene rings is 1. The molecular formula is C8H6Br2NO4S-. The molecule has 16 heavy (non-hydrogen) atoms. The summed E-state index contributed by atoms with van der Waals surface area (Å²) in [5, 5.41) is 10.8. The molecule has 0 aromatic heterocycles. The Hall–Kier alpha value is -0.310. The van der Waals surface area contributed by atoms with Crippen molar-refractivity contribution >= 4 is 48.6 Å². The van der Waals surface area contributed by atoms with Crippen molar-refractivity contribution < 1.29 is 13.7 Å². The highest BCUT2D eigenvalue weighted by atomic mass is 79.9. The van der Waals surface area contributed by atoms with E-state index in [4.69, 9.17) is 0 Å². The Morgan fingerprint density at radius 2 is 2.00 bits per heavy atom. The lowest BCUT2D eigenvalue weighted by Gasteiger charge is -2.23. The van der Waals surface area contributed by atoms with Gasteiger partial charge in [0.15, 0.2) is 2.57 Å². The van der Waals surface area contributed by atoms with E-state index in [1.165, 1.54) is 12.1 Å². The molecule has 0 N–H and O–H groups in total. The van der Waals surface area contributed by atoms with Gasteiger partial charge in [-0.15, -0.1) is 0 Å². The molecule has 0 bridgehead atoms. The van der Waals surface area contributed by atoms with Gasteiger partial charge in [-0.2, -0.15) is 0 Å². The summed E-state index contributed by atoms with van der Waals surface area (Å²) in [5.41, 5.74) is 0.470. The largest absolute Gasteiger partial charge is 0.770 e. The second-order valence-electron chi connectivity index (χ2n) is 3.03. The molecule has 0 aliphatic heterocycles. The maximum Gasteiger partial charge on any atom is 0.276 e. The van der Waals surface area contributed by atoms with E-state index in [0.717, 1.165) is 0 Å². The number of hydrogen-bond acceptors (Lipinski definition) is 4. The summed E-state index contributed by atoms with van der Waals surface area (Å²) in [6.07, 6.45) is 0. The van der Waals surface area contributed by atoms with Crippen molar-refractivity contribution in [3.8, 4) is 0 Å². The molecule has 1 aromatic carbocycles. The Morgan fingerprint density at radius 1 is 1.44 bits per heavy atom. The number of rotatable bonds is 3. The zero-order chi connectivity index (χ0) is 12.5. The molecule has 1 unspecified atom stereocenters. The van der Waals surface area contributed by atoms with E-state index < -0.39 is 18.6 Å².